The number of alkyl carbamates (subject to hydrolysis) is 1. The Morgan fingerprint density at radius 1 is 1.17 bits per heavy atom. The molecule has 6 nitrogen and oxygen atoms in total. The fourth-order valence-corrected chi connectivity index (χ4v) is 1.38. The van der Waals surface area contributed by atoms with E-state index in [-0.39, 0.29) is 12.0 Å². The van der Waals surface area contributed by atoms with Gasteiger partial charge in [-0.25, -0.2) is 4.79 Å². The van der Waals surface area contributed by atoms with Crippen LogP contribution in [-0.2, 0) is 9.53 Å². The van der Waals surface area contributed by atoms with Gasteiger partial charge in [-0.1, -0.05) is 6.92 Å². The largest absolute Gasteiger partial charge is 0.450 e. The van der Waals surface area contributed by atoms with Crippen LogP contribution in [0.2, 0.25) is 0 Å². The summed E-state index contributed by atoms with van der Waals surface area (Å²) in [6.07, 6.45) is 0.446. The van der Waals surface area contributed by atoms with E-state index in [1.807, 2.05) is 13.8 Å². The van der Waals surface area contributed by atoms with Gasteiger partial charge in [0, 0.05) is 39.6 Å². The smallest absolute Gasteiger partial charge is 0.407 e. The molecule has 0 radical (unpaired) electrons. The van der Waals surface area contributed by atoms with E-state index in [1.165, 1.54) is 0 Å². The maximum atomic E-state index is 11.1. The zero-order chi connectivity index (χ0) is 13.8. The van der Waals surface area contributed by atoms with Gasteiger partial charge in [-0.05, 0) is 13.3 Å². The minimum Gasteiger partial charge on any atom is -0.450 e. The number of nitrogens with one attached hydrogen (secondary N) is 2. The molecule has 18 heavy (non-hydrogen) atoms. The fraction of sp³-hybridized carbons (Fsp3) is 0.833. The summed E-state index contributed by atoms with van der Waals surface area (Å²) in [5.41, 5.74) is 0. The zero-order valence-electron chi connectivity index (χ0n) is 11.6. The van der Waals surface area contributed by atoms with Gasteiger partial charge in [0.25, 0.3) is 0 Å². The normalized spacial score (nSPS) is 9.94. The predicted octanol–water partition coefficient (Wildman–Crippen LogP) is 0.581. The van der Waals surface area contributed by atoms with E-state index in [2.05, 4.69) is 10.6 Å². The van der Waals surface area contributed by atoms with Crippen molar-refractivity contribution in [3.05, 3.63) is 0 Å². The number of amides is 2. The van der Waals surface area contributed by atoms with Crippen LogP contribution >= 0.6 is 0 Å². The summed E-state index contributed by atoms with van der Waals surface area (Å²) in [7, 11) is 0. The first kappa shape index (κ1) is 16.7. The molecule has 0 aromatic rings. The maximum absolute atomic E-state index is 11.1. The lowest BCUT2D eigenvalue weighted by Gasteiger charge is -2.18. The van der Waals surface area contributed by atoms with Crippen LogP contribution in [0.15, 0.2) is 0 Å². The third kappa shape index (κ3) is 8.81. The Labute approximate surface area is 109 Å². The minimum absolute atomic E-state index is 0.0839. The molecule has 0 saturated heterocycles. The van der Waals surface area contributed by atoms with Gasteiger partial charge in [-0.2, -0.15) is 0 Å². The van der Waals surface area contributed by atoms with Gasteiger partial charge in [0.2, 0.25) is 5.91 Å². The molecule has 0 fully saturated rings. The molecule has 0 unspecified atom stereocenters. The van der Waals surface area contributed by atoms with Crippen LogP contribution in [0.1, 0.15) is 27.2 Å². The number of rotatable bonds is 9. The number of hydrogen-bond acceptors (Lipinski definition) is 4. The molecule has 0 aromatic heterocycles. The first-order valence-electron chi connectivity index (χ1n) is 6.48. The van der Waals surface area contributed by atoms with Gasteiger partial charge >= 0.3 is 6.09 Å². The highest BCUT2D eigenvalue weighted by atomic mass is 16.5. The Balaban J connectivity index is 3.40. The predicted molar refractivity (Wildman–Crippen MR) is 70.4 cm³/mol. The van der Waals surface area contributed by atoms with Crippen LogP contribution in [0.4, 0.5) is 4.79 Å². The third-order valence-corrected chi connectivity index (χ3v) is 2.39. The Morgan fingerprint density at radius 2 is 1.89 bits per heavy atom. The van der Waals surface area contributed by atoms with E-state index in [1.54, 1.807) is 11.8 Å². The highest BCUT2D eigenvalue weighted by Gasteiger charge is 2.04. The Bertz CT molecular complexity index is 247. The summed E-state index contributed by atoms with van der Waals surface area (Å²) in [5, 5.41) is 5.79. The van der Waals surface area contributed by atoms with E-state index in [4.69, 9.17) is 4.74 Å². The van der Waals surface area contributed by atoms with Crippen LogP contribution < -0.4 is 10.6 Å². The quantitative estimate of drug-likeness (QED) is 0.594. The number of carbonyl (C=O) groups excluding carboxylic acids is 2. The molecule has 106 valence electrons. The molecule has 0 spiro atoms. The lowest BCUT2D eigenvalue weighted by atomic mass is 10.4. The number of nitrogens with zero attached hydrogens (tertiary/aromatic N) is 1. The average molecular weight is 259 g/mol. The summed E-state index contributed by atoms with van der Waals surface area (Å²) >= 11 is 0. The van der Waals surface area contributed by atoms with Crippen molar-refractivity contribution in [1.29, 1.82) is 0 Å². The Morgan fingerprint density at radius 3 is 2.44 bits per heavy atom. The molecule has 0 atom stereocenters. The molecular formula is C12H25N3O3. The van der Waals surface area contributed by atoms with Crippen molar-refractivity contribution in [3.8, 4) is 0 Å². The molecule has 6 heteroatoms. The molecule has 0 aromatic carbocycles. The monoisotopic (exact) mass is 259 g/mol. The lowest BCUT2D eigenvalue weighted by molar-refractivity contribution is -0.128. The van der Waals surface area contributed by atoms with Gasteiger partial charge in [-0.3, -0.25) is 4.79 Å². The molecule has 2 N–H and O–H groups in total. The topological polar surface area (TPSA) is 70.7 Å². The highest BCUT2D eigenvalue weighted by Crippen LogP contribution is 1.86. The van der Waals surface area contributed by atoms with E-state index in [0.29, 0.717) is 26.2 Å². The molecule has 0 bridgehead atoms. The lowest BCUT2D eigenvalue weighted by Crippen LogP contribution is -2.38. The molecular weight excluding hydrogens is 234 g/mol. The van der Waals surface area contributed by atoms with E-state index < -0.39 is 0 Å². The average Bonchev–Trinajstić information content (AvgIpc) is 2.35. The first-order valence-corrected chi connectivity index (χ1v) is 6.48. The van der Waals surface area contributed by atoms with Gasteiger partial charge in [0.05, 0.1) is 6.61 Å². The fourth-order valence-electron chi connectivity index (χ4n) is 1.38. The zero-order valence-corrected chi connectivity index (χ0v) is 11.6. The second kappa shape index (κ2) is 10.8. The van der Waals surface area contributed by atoms with Crippen LogP contribution in [-0.4, -0.2) is 56.2 Å². The van der Waals surface area contributed by atoms with Crippen LogP contribution in [0.3, 0.4) is 0 Å². The summed E-state index contributed by atoms with van der Waals surface area (Å²) in [4.78, 5) is 23.9. The third-order valence-electron chi connectivity index (χ3n) is 2.39. The van der Waals surface area contributed by atoms with Crippen LogP contribution in [0.5, 0.6) is 0 Å². The Kier molecular flexibility index (Phi) is 10.0. The Hall–Kier alpha value is -1.30. The van der Waals surface area contributed by atoms with Crippen LogP contribution in [0.25, 0.3) is 0 Å². The molecule has 0 saturated carbocycles. The second-order valence-electron chi connectivity index (χ2n) is 3.91. The molecule has 2 amide bonds. The molecule has 0 aliphatic rings. The summed E-state index contributed by atoms with van der Waals surface area (Å²) in [6.45, 7) is 9.23. The molecule has 0 heterocycles. The molecule has 0 aliphatic heterocycles. The number of carbonyl (C=O) groups is 2. The standard InChI is InChI=1S/C12H25N3O3/c1-4-10-18-12(17)14-7-6-13-8-9-15(5-2)11(3)16/h13H,4-10H2,1-3H3,(H,14,17). The van der Waals surface area contributed by atoms with E-state index in [9.17, 15) is 9.59 Å². The van der Waals surface area contributed by atoms with Crippen LogP contribution in [0, 0.1) is 0 Å². The van der Waals surface area contributed by atoms with Crippen molar-refractivity contribution in [2.45, 2.75) is 27.2 Å². The van der Waals surface area contributed by atoms with Crippen molar-refractivity contribution in [3.63, 3.8) is 0 Å². The van der Waals surface area contributed by atoms with Gasteiger partial charge in [-0.15, -0.1) is 0 Å². The van der Waals surface area contributed by atoms with Crippen molar-refractivity contribution in [1.82, 2.24) is 15.5 Å². The highest BCUT2D eigenvalue weighted by molar-refractivity contribution is 5.73. The van der Waals surface area contributed by atoms with E-state index >= 15 is 0 Å². The molecule has 0 aliphatic carbocycles. The van der Waals surface area contributed by atoms with Crippen molar-refractivity contribution in [2.24, 2.45) is 0 Å². The summed E-state index contributed by atoms with van der Waals surface area (Å²) in [5.74, 6) is 0.0839. The van der Waals surface area contributed by atoms with Gasteiger partial charge in [0.1, 0.15) is 0 Å². The van der Waals surface area contributed by atoms with Crippen molar-refractivity contribution in [2.75, 3.05) is 39.3 Å². The summed E-state index contributed by atoms with van der Waals surface area (Å²) in [6, 6.07) is 0. The minimum atomic E-state index is -0.377. The van der Waals surface area contributed by atoms with Gasteiger partial charge < -0.3 is 20.3 Å². The van der Waals surface area contributed by atoms with E-state index in [0.717, 1.165) is 19.5 Å². The SMILES string of the molecule is CCCOC(=O)NCCNCCN(CC)C(C)=O. The maximum Gasteiger partial charge on any atom is 0.407 e. The second-order valence-corrected chi connectivity index (χ2v) is 3.91. The van der Waals surface area contributed by atoms with Gasteiger partial charge in [0.15, 0.2) is 0 Å². The van der Waals surface area contributed by atoms with Crippen molar-refractivity contribution < 1.29 is 14.3 Å². The number of likely N-dealkylation sites (N-methyl/N-ethyl adjacent to an activating group) is 1. The number of hydrogen-bond donors (Lipinski definition) is 2. The van der Waals surface area contributed by atoms with Crippen molar-refractivity contribution >= 4 is 12.0 Å². The summed E-state index contributed by atoms with van der Waals surface area (Å²) < 4.78 is 4.85. The number of ether oxygens (including phenoxy) is 1. The molecule has 0 rings (SSSR count). The first-order chi connectivity index (χ1) is 8.61.